The van der Waals surface area contributed by atoms with Crippen LogP contribution in [0.2, 0.25) is 0 Å². The third kappa shape index (κ3) is 5.27. The fraction of sp³-hybridized carbons (Fsp3) is 0.200. The van der Waals surface area contributed by atoms with Crippen LogP contribution in [-0.2, 0) is 14.8 Å². The molecule has 1 amide bonds. The molecule has 0 aliphatic heterocycles. The van der Waals surface area contributed by atoms with Crippen LogP contribution in [0.15, 0.2) is 48.7 Å². The summed E-state index contributed by atoms with van der Waals surface area (Å²) in [6, 6.07) is 13.4. The van der Waals surface area contributed by atoms with Gasteiger partial charge in [0.1, 0.15) is 5.82 Å². The van der Waals surface area contributed by atoms with Crippen LogP contribution in [0.4, 0.5) is 5.82 Å². The van der Waals surface area contributed by atoms with Crippen molar-refractivity contribution in [2.45, 2.75) is 6.42 Å². The lowest BCUT2D eigenvalue weighted by Gasteiger charge is -2.06. The van der Waals surface area contributed by atoms with Crippen molar-refractivity contribution in [3.63, 3.8) is 0 Å². The number of nitrogens with zero attached hydrogens (tertiary/aromatic N) is 1. The van der Waals surface area contributed by atoms with E-state index in [1.165, 1.54) is 0 Å². The molecule has 0 fully saturated rings. The summed E-state index contributed by atoms with van der Waals surface area (Å²) in [5.74, 6) is 0.139. The second-order valence-electron chi connectivity index (χ2n) is 4.76. The van der Waals surface area contributed by atoms with Gasteiger partial charge in [0.25, 0.3) is 0 Å². The van der Waals surface area contributed by atoms with Gasteiger partial charge in [0.2, 0.25) is 15.9 Å². The average molecular weight is 319 g/mol. The van der Waals surface area contributed by atoms with E-state index in [0.717, 1.165) is 17.4 Å². The molecule has 0 spiro atoms. The molecule has 116 valence electrons. The average Bonchev–Trinajstić information content (AvgIpc) is 2.47. The second kappa shape index (κ2) is 7.15. The predicted molar refractivity (Wildman–Crippen MR) is 85.8 cm³/mol. The van der Waals surface area contributed by atoms with Crippen LogP contribution in [0.25, 0.3) is 11.1 Å². The first-order valence-corrected chi connectivity index (χ1v) is 8.59. The minimum atomic E-state index is -3.27. The van der Waals surface area contributed by atoms with Crippen molar-refractivity contribution in [2.24, 2.45) is 0 Å². The molecule has 2 N–H and O–H groups in total. The van der Waals surface area contributed by atoms with Gasteiger partial charge in [-0.05, 0) is 17.7 Å². The van der Waals surface area contributed by atoms with Crippen LogP contribution in [0, 0.1) is 0 Å². The first kappa shape index (κ1) is 16.1. The van der Waals surface area contributed by atoms with Gasteiger partial charge in [-0.1, -0.05) is 30.3 Å². The predicted octanol–water partition coefficient (Wildman–Crippen LogP) is 1.63. The molecule has 0 radical (unpaired) electrons. The molecule has 6 nitrogen and oxygen atoms in total. The zero-order chi connectivity index (χ0) is 16.0. The largest absolute Gasteiger partial charge is 0.311 e. The number of pyridine rings is 1. The van der Waals surface area contributed by atoms with Crippen molar-refractivity contribution in [3.8, 4) is 11.1 Å². The van der Waals surface area contributed by atoms with Crippen LogP contribution in [0.1, 0.15) is 6.42 Å². The van der Waals surface area contributed by atoms with Crippen LogP contribution >= 0.6 is 0 Å². The number of carbonyl (C=O) groups is 1. The summed E-state index contributed by atoms with van der Waals surface area (Å²) in [7, 11) is -3.27. The van der Waals surface area contributed by atoms with E-state index in [4.69, 9.17) is 0 Å². The molecule has 1 aromatic heterocycles. The molecular weight excluding hydrogens is 302 g/mol. The van der Waals surface area contributed by atoms with Gasteiger partial charge in [-0.25, -0.2) is 18.1 Å². The van der Waals surface area contributed by atoms with E-state index < -0.39 is 10.0 Å². The number of carbonyl (C=O) groups excluding carboxylic acids is 1. The van der Waals surface area contributed by atoms with Crippen molar-refractivity contribution in [2.75, 3.05) is 18.1 Å². The SMILES string of the molecule is CS(=O)(=O)NCCC(=O)Nc1ccc(-c2ccccc2)cn1. The zero-order valence-corrected chi connectivity index (χ0v) is 12.9. The topological polar surface area (TPSA) is 88.2 Å². The molecule has 22 heavy (non-hydrogen) atoms. The maximum absolute atomic E-state index is 11.7. The number of aromatic nitrogens is 1. The molecule has 1 aromatic carbocycles. The molecule has 0 atom stereocenters. The van der Waals surface area contributed by atoms with Gasteiger partial charge in [0, 0.05) is 24.7 Å². The fourth-order valence-corrected chi connectivity index (χ4v) is 2.30. The monoisotopic (exact) mass is 319 g/mol. The normalized spacial score (nSPS) is 11.1. The number of sulfonamides is 1. The highest BCUT2D eigenvalue weighted by Gasteiger charge is 2.06. The quantitative estimate of drug-likeness (QED) is 0.847. The third-order valence-corrected chi connectivity index (χ3v) is 3.58. The van der Waals surface area contributed by atoms with Crippen molar-refractivity contribution >= 4 is 21.7 Å². The summed E-state index contributed by atoms with van der Waals surface area (Å²) in [5.41, 5.74) is 2.00. The fourth-order valence-electron chi connectivity index (χ4n) is 1.82. The van der Waals surface area contributed by atoms with Gasteiger partial charge in [0.15, 0.2) is 0 Å². The Labute approximate surface area is 129 Å². The van der Waals surface area contributed by atoms with E-state index in [1.54, 1.807) is 12.3 Å². The molecule has 0 aliphatic carbocycles. The summed E-state index contributed by atoms with van der Waals surface area (Å²) in [6.45, 7) is 0.0623. The van der Waals surface area contributed by atoms with E-state index in [1.807, 2.05) is 36.4 Å². The van der Waals surface area contributed by atoms with Gasteiger partial charge in [0.05, 0.1) is 6.26 Å². The lowest BCUT2D eigenvalue weighted by atomic mass is 10.1. The summed E-state index contributed by atoms with van der Waals surface area (Å²) < 4.78 is 24.0. The minimum absolute atomic E-state index is 0.0508. The highest BCUT2D eigenvalue weighted by atomic mass is 32.2. The number of anilines is 1. The van der Waals surface area contributed by atoms with E-state index in [-0.39, 0.29) is 18.9 Å². The highest BCUT2D eigenvalue weighted by Crippen LogP contribution is 2.18. The van der Waals surface area contributed by atoms with Gasteiger partial charge < -0.3 is 5.32 Å². The number of hydrogen-bond acceptors (Lipinski definition) is 4. The van der Waals surface area contributed by atoms with E-state index >= 15 is 0 Å². The number of benzene rings is 1. The Bertz CT molecular complexity index is 728. The summed E-state index contributed by atoms with van der Waals surface area (Å²) in [4.78, 5) is 15.8. The molecule has 0 saturated heterocycles. The van der Waals surface area contributed by atoms with Crippen LogP contribution in [-0.4, -0.2) is 32.1 Å². The Hall–Kier alpha value is -2.25. The van der Waals surface area contributed by atoms with Crippen molar-refractivity contribution < 1.29 is 13.2 Å². The Balaban J connectivity index is 1.90. The van der Waals surface area contributed by atoms with E-state index in [9.17, 15) is 13.2 Å². The lowest BCUT2D eigenvalue weighted by Crippen LogP contribution is -2.26. The molecule has 2 aromatic rings. The molecule has 0 unspecified atom stereocenters. The van der Waals surface area contributed by atoms with Crippen molar-refractivity contribution in [1.82, 2.24) is 9.71 Å². The Kier molecular flexibility index (Phi) is 5.24. The van der Waals surface area contributed by atoms with E-state index in [2.05, 4.69) is 15.0 Å². The molecule has 0 bridgehead atoms. The smallest absolute Gasteiger partial charge is 0.226 e. The molecule has 7 heteroatoms. The highest BCUT2D eigenvalue weighted by molar-refractivity contribution is 7.88. The third-order valence-electron chi connectivity index (χ3n) is 2.85. The van der Waals surface area contributed by atoms with Crippen molar-refractivity contribution in [3.05, 3.63) is 48.7 Å². The van der Waals surface area contributed by atoms with Gasteiger partial charge in [-0.2, -0.15) is 0 Å². The van der Waals surface area contributed by atoms with Gasteiger partial charge in [-0.15, -0.1) is 0 Å². The summed E-state index contributed by atoms with van der Waals surface area (Å²) in [6.07, 6.45) is 2.78. The number of amides is 1. The zero-order valence-electron chi connectivity index (χ0n) is 12.1. The van der Waals surface area contributed by atoms with Gasteiger partial charge >= 0.3 is 0 Å². The lowest BCUT2D eigenvalue weighted by molar-refractivity contribution is -0.116. The summed E-state index contributed by atoms with van der Waals surface area (Å²) >= 11 is 0. The molecule has 0 saturated carbocycles. The molecule has 1 heterocycles. The van der Waals surface area contributed by atoms with E-state index in [0.29, 0.717) is 5.82 Å². The number of rotatable bonds is 6. The van der Waals surface area contributed by atoms with Crippen LogP contribution in [0.5, 0.6) is 0 Å². The van der Waals surface area contributed by atoms with Crippen LogP contribution < -0.4 is 10.0 Å². The number of hydrogen-bond donors (Lipinski definition) is 2. The number of nitrogens with one attached hydrogen (secondary N) is 2. The Morgan fingerprint density at radius 1 is 1.09 bits per heavy atom. The first-order chi connectivity index (χ1) is 10.4. The maximum atomic E-state index is 11.7. The van der Waals surface area contributed by atoms with Gasteiger partial charge in [-0.3, -0.25) is 4.79 Å². The second-order valence-corrected chi connectivity index (χ2v) is 6.60. The first-order valence-electron chi connectivity index (χ1n) is 6.70. The standard InChI is InChI=1S/C15H17N3O3S/c1-22(20,21)17-10-9-15(19)18-14-8-7-13(11-16-14)12-5-3-2-4-6-12/h2-8,11,17H,9-10H2,1H3,(H,16,18,19). The molecule has 0 aliphatic rings. The Morgan fingerprint density at radius 3 is 2.41 bits per heavy atom. The molecule has 2 rings (SSSR count). The summed E-state index contributed by atoms with van der Waals surface area (Å²) in [5, 5.41) is 2.62. The minimum Gasteiger partial charge on any atom is -0.311 e. The van der Waals surface area contributed by atoms with Crippen LogP contribution in [0.3, 0.4) is 0 Å². The van der Waals surface area contributed by atoms with Crippen molar-refractivity contribution in [1.29, 1.82) is 0 Å². The molecular formula is C15H17N3O3S. The Morgan fingerprint density at radius 2 is 1.82 bits per heavy atom. The maximum Gasteiger partial charge on any atom is 0.226 e.